The van der Waals surface area contributed by atoms with E-state index >= 15 is 0 Å². The molecule has 74 valence electrons. The van der Waals surface area contributed by atoms with Crippen LogP contribution in [0.2, 0.25) is 0 Å². The lowest BCUT2D eigenvalue weighted by molar-refractivity contribution is -0.138. The first-order valence-corrected chi connectivity index (χ1v) is 4.82. The van der Waals surface area contributed by atoms with E-state index in [1.807, 2.05) is 18.2 Å². The number of carboxylic acids is 1. The first-order chi connectivity index (χ1) is 6.70. The number of hydrogen-bond donors (Lipinski definition) is 1. The molecular formula is C11H13NO2. The SMILES string of the molecule is O=C(O)CC1(Cc2ccccn2)CC1. The van der Waals surface area contributed by atoms with E-state index in [2.05, 4.69) is 4.98 Å². The second-order valence-corrected chi connectivity index (χ2v) is 4.07. The number of aliphatic carboxylic acids is 1. The highest BCUT2D eigenvalue weighted by Gasteiger charge is 2.44. The van der Waals surface area contributed by atoms with Crippen LogP contribution in [0, 0.1) is 5.41 Å². The Hall–Kier alpha value is -1.38. The quantitative estimate of drug-likeness (QED) is 0.790. The number of aromatic nitrogens is 1. The summed E-state index contributed by atoms with van der Waals surface area (Å²) < 4.78 is 0. The molecule has 0 spiro atoms. The molecule has 1 aliphatic carbocycles. The Kier molecular flexibility index (Phi) is 2.23. The van der Waals surface area contributed by atoms with Crippen molar-refractivity contribution in [3.8, 4) is 0 Å². The monoisotopic (exact) mass is 191 g/mol. The zero-order chi connectivity index (χ0) is 10.0. The summed E-state index contributed by atoms with van der Waals surface area (Å²) in [4.78, 5) is 14.8. The fourth-order valence-electron chi connectivity index (χ4n) is 1.80. The van der Waals surface area contributed by atoms with Gasteiger partial charge >= 0.3 is 5.97 Å². The molecule has 0 amide bonds. The Morgan fingerprint density at radius 1 is 1.50 bits per heavy atom. The van der Waals surface area contributed by atoms with E-state index < -0.39 is 5.97 Å². The van der Waals surface area contributed by atoms with Gasteiger partial charge in [0.15, 0.2) is 0 Å². The van der Waals surface area contributed by atoms with Crippen molar-refractivity contribution in [3.63, 3.8) is 0 Å². The fraction of sp³-hybridized carbons (Fsp3) is 0.455. The van der Waals surface area contributed by atoms with Crippen molar-refractivity contribution in [1.29, 1.82) is 0 Å². The minimum atomic E-state index is -0.696. The fourth-order valence-corrected chi connectivity index (χ4v) is 1.80. The Balaban J connectivity index is 2.01. The van der Waals surface area contributed by atoms with E-state index in [0.717, 1.165) is 25.0 Å². The predicted octanol–water partition coefficient (Wildman–Crippen LogP) is 1.88. The third-order valence-electron chi connectivity index (χ3n) is 2.77. The van der Waals surface area contributed by atoms with Gasteiger partial charge in [-0.2, -0.15) is 0 Å². The van der Waals surface area contributed by atoms with Gasteiger partial charge in [0.2, 0.25) is 0 Å². The maximum atomic E-state index is 10.6. The molecule has 3 nitrogen and oxygen atoms in total. The summed E-state index contributed by atoms with van der Waals surface area (Å²) in [6, 6.07) is 5.78. The number of carboxylic acid groups (broad SMARTS) is 1. The normalized spacial score (nSPS) is 17.7. The molecule has 0 unspecified atom stereocenters. The van der Waals surface area contributed by atoms with Crippen molar-refractivity contribution in [2.45, 2.75) is 25.7 Å². The van der Waals surface area contributed by atoms with E-state index in [4.69, 9.17) is 5.11 Å². The summed E-state index contributed by atoms with van der Waals surface area (Å²) >= 11 is 0. The molecule has 1 aromatic rings. The topological polar surface area (TPSA) is 50.2 Å². The highest BCUT2D eigenvalue weighted by molar-refractivity contribution is 5.68. The van der Waals surface area contributed by atoms with E-state index in [1.165, 1.54) is 0 Å². The summed E-state index contributed by atoms with van der Waals surface area (Å²) in [6.07, 6.45) is 4.89. The zero-order valence-electron chi connectivity index (χ0n) is 7.94. The van der Waals surface area contributed by atoms with Crippen molar-refractivity contribution in [2.75, 3.05) is 0 Å². The minimum absolute atomic E-state index is 0.0141. The van der Waals surface area contributed by atoms with Gasteiger partial charge in [0, 0.05) is 11.9 Å². The summed E-state index contributed by atoms with van der Waals surface area (Å²) in [7, 11) is 0. The second-order valence-electron chi connectivity index (χ2n) is 4.07. The van der Waals surface area contributed by atoms with Crippen LogP contribution >= 0.6 is 0 Å². The number of carbonyl (C=O) groups is 1. The number of rotatable bonds is 4. The Bertz CT molecular complexity index is 330. The van der Waals surface area contributed by atoms with Crippen molar-refractivity contribution >= 4 is 5.97 Å². The van der Waals surface area contributed by atoms with E-state index in [1.54, 1.807) is 6.20 Å². The predicted molar refractivity (Wildman–Crippen MR) is 51.9 cm³/mol. The molecule has 0 aromatic carbocycles. The minimum Gasteiger partial charge on any atom is -0.481 e. The third-order valence-corrected chi connectivity index (χ3v) is 2.77. The van der Waals surface area contributed by atoms with Gasteiger partial charge in [-0.15, -0.1) is 0 Å². The van der Waals surface area contributed by atoms with E-state index in [-0.39, 0.29) is 11.8 Å². The Morgan fingerprint density at radius 2 is 2.29 bits per heavy atom. The van der Waals surface area contributed by atoms with Gasteiger partial charge in [0.1, 0.15) is 0 Å². The first-order valence-electron chi connectivity index (χ1n) is 4.82. The molecule has 0 aliphatic heterocycles. The first kappa shape index (κ1) is 9.19. The van der Waals surface area contributed by atoms with E-state index in [9.17, 15) is 4.79 Å². The van der Waals surface area contributed by atoms with Crippen LogP contribution in [-0.2, 0) is 11.2 Å². The van der Waals surface area contributed by atoms with Gasteiger partial charge in [-0.1, -0.05) is 6.07 Å². The van der Waals surface area contributed by atoms with Crippen molar-refractivity contribution in [2.24, 2.45) is 5.41 Å². The van der Waals surface area contributed by atoms with Gasteiger partial charge in [-0.05, 0) is 36.8 Å². The standard InChI is InChI=1S/C11H13NO2/c13-10(14)8-11(4-5-11)7-9-3-1-2-6-12-9/h1-3,6H,4-5,7-8H2,(H,13,14). The van der Waals surface area contributed by atoms with Gasteiger partial charge in [-0.3, -0.25) is 9.78 Å². The maximum absolute atomic E-state index is 10.6. The van der Waals surface area contributed by atoms with Crippen molar-refractivity contribution < 1.29 is 9.90 Å². The average molecular weight is 191 g/mol. The van der Waals surface area contributed by atoms with Crippen LogP contribution in [-0.4, -0.2) is 16.1 Å². The summed E-state index contributed by atoms with van der Waals surface area (Å²) in [5.41, 5.74) is 1.02. The van der Waals surface area contributed by atoms with Crippen LogP contribution in [0.1, 0.15) is 25.0 Å². The lowest BCUT2D eigenvalue weighted by atomic mass is 9.96. The molecule has 1 heterocycles. The molecule has 1 aromatic heterocycles. The van der Waals surface area contributed by atoms with Crippen LogP contribution < -0.4 is 0 Å². The smallest absolute Gasteiger partial charge is 0.303 e. The van der Waals surface area contributed by atoms with Gasteiger partial charge in [-0.25, -0.2) is 0 Å². The molecule has 0 radical (unpaired) electrons. The number of pyridine rings is 1. The zero-order valence-corrected chi connectivity index (χ0v) is 7.94. The average Bonchev–Trinajstić information content (AvgIpc) is 2.85. The molecule has 14 heavy (non-hydrogen) atoms. The third kappa shape index (κ3) is 2.10. The molecule has 1 N–H and O–H groups in total. The van der Waals surface area contributed by atoms with Gasteiger partial charge < -0.3 is 5.11 Å². The Labute approximate surface area is 82.8 Å². The molecule has 0 bridgehead atoms. The van der Waals surface area contributed by atoms with Crippen LogP contribution in [0.3, 0.4) is 0 Å². The number of nitrogens with zero attached hydrogens (tertiary/aromatic N) is 1. The van der Waals surface area contributed by atoms with Crippen LogP contribution in [0.5, 0.6) is 0 Å². The lowest BCUT2D eigenvalue weighted by Gasteiger charge is -2.10. The van der Waals surface area contributed by atoms with Crippen molar-refractivity contribution in [1.82, 2.24) is 4.98 Å². The maximum Gasteiger partial charge on any atom is 0.303 e. The van der Waals surface area contributed by atoms with Gasteiger partial charge in [0.25, 0.3) is 0 Å². The highest BCUT2D eigenvalue weighted by Crippen LogP contribution is 2.51. The molecule has 0 atom stereocenters. The highest BCUT2D eigenvalue weighted by atomic mass is 16.4. The Morgan fingerprint density at radius 3 is 2.79 bits per heavy atom. The largest absolute Gasteiger partial charge is 0.481 e. The molecule has 2 rings (SSSR count). The lowest BCUT2D eigenvalue weighted by Crippen LogP contribution is -2.12. The molecule has 1 aliphatic rings. The number of hydrogen-bond acceptors (Lipinski definition) is 2. The molecular weight excluding hydrogens is 178 g/mol. The van der Waals surface area contributed by atoms with Crippen molar-refractivity contribution in [3.05, 3.63) is 30.1 Å². The summed E-state index contributed by atoms with van der Waals surface area (Å²) in [6.45, 7) is 0. The molecule has 0 saturated heterocycles. The molecule has 1 saturated carbocycles. The summed E-state index contributed by atoms with van der Waals surface area (Å²) in [5, 5.41) is 8.75. The molecule has 3 heteroatoms. The van der Waals surface area contributed by atoms with Gasteiger partial charge in [0.05, 0.1) is 6.42 Å². The van der Waals surface area contributed by atoms with Crippen LogP contribution in [0.25, 0.3) is 0 Å². The molecule has 1 fully saturated rings. The van der Waals surface area contributed by atoms with Crippen LogP contribution in [0.15, 0.2) is 24.4 Å². The van der Waals surface area contributed by atoms with Crippen LogP contribution in [0.4, 0.5) is 0 Å². The second kappa shape index (κ2) is 3.40. The summed E-state index contributed by atoms with van der Waals surface area (Å²) in [5.74, 6) is -0.696. The van der Waals surface area contributed by atoms with E-state index in [0.29, 0.717) is 0 Å².